The molecule has 4 heteroatoms. The van der Waals surface area contributed by atoms with Crippen LogP contribution in [-0.2, 0) is 11.2 Å². The Balaban J connectivity index is 1.91. The van der Waals surface area contributed by atoms with Crippen molar-refractivity contribution in [2.24, 2.45) is 4.99 Å². The molecule has 0 radical (unpaired) electrons. The fourth-order valence-corrected chi connectivity index (χ4v) is 3.26. The second-order valence-electron chi connectivity index (χ2n) is 6.58. The number of anilines is 1. The van der Waals surface area contributed by atoms with Crippen LogP contribution in [0.25, 0.3) is 0 Å². The number of carbonyl (C=O) groups is 1. The molecule has 0 N–H and O–H groups in total. The van der Waals surface area contributed by atoms with E-state index in [2.05, 4.69) is 30.9 Å². The predicted molar refractivity (Wildman–Crippen MR) is 107 cm³/mol. The first-order valence-electron chi connectivity index (χ1n) is 9.50. The molecule has 1 aliphatic rings. The Morgan fingerprint density at radius 3 is 2.27 bits per heavy atom. The van der Waals surface area contributed by atoms with Gasteiger partial charge in [0, 0.05) is 19.5 Å². The van der Waals surface area contributed by atoms with Crippen molar-refractivity contribution in [3.63, 3.8) is 0 Å². The number of unbranched alkanes of at least 4 members (excludes halogenated alkanes) is 1. The Labute approximate surface area is 156 Å². The van der Waals surface area contributed by atoms with Crippen molar-refractivity contribution in [3.8, 4) is 0 Å². The number of benzene rings is 2. The fourth-order valence-electron chi connectivity index (χ4n) is 3.26. The third-order valence-electron chi connectivity index (χ3n) is 4.71. The van der Waals surface area contributed by atoms with Crippen LogP contribution >= 0.6 is 0 Å². The Kier molecular flexibility index (Phi) is 6.05. The van der Waals surface area contributed by atoms with Crippen LogP contribution in [0.15, 0.2) is 65.7 Å². The van der Waals surface area contributed by atoms with E-state index in [9.17, 15) is 4.79 Å². The molecule has 0 spiro atoms. The smallest absolute Gasteiger partial charge is 0.259 e. The minimum atomic E-state index is -0.358. The second kappa shape index (κ2) is 8.65. The van der Waals surface area contributed by atoms with Crippen LogP contribution < -0.4 is 4.90 Å². The van der Waals surface area contributed by atoms with E-state index in [4.69, 9.17) is 4.99 Å². The molecular formula is C22H27N3O. The SMILES string of the molecule is CCCCN(CC)C1=NC(Cc2ccccc2)C(=O)N1c1ccccc1. The van der Waals surface area contributed by atoms with Gasteiger partial charge in [-0.05, 0) is 31.0 Å². The van der Waals surface area contributed by atoms with Gasteiger partial charge >= 0.3 is 0 Å². The maximum Gasteiger partial charge on any atom is 0.259 e. The second-order valence-corrected chi connectivity index (χ2v) is 6.58. The summed E-state index contributed by atoms with van der Waals surface area (Å²) >= 11 is 0. The highest BCUT2D eigenvalue weighted by Gasteiger charge is 2.37. The lowest BCUT2D eigenvalue weighted by atomic mass is 10.1. The molecule has 4 nitrogen and oxygen atoms in total. The Morgan fingerprint density at radius 1 is 1.00 bits per heavy atom. The Bertz CT molecular complexity index is 742. The molecule has 0 bridgehead atoms. The van der Waals surface area contributed by atoms with Gasteiger partial charge in [-0.1, -0.05) is 61.9 Å². The van der Waals surface area contributed by atoms with Crippen molar-refractivity contribution in [1.29, 1.82) is 0 Å². The highest BCUT2D eigenvalue weighted by Crippen LogP contribution is 2.25. The first-order chi connectivity index (χ1) is 12.7. The number of guanidine groups is 1. The standard InChI is InChI=1S/C22H27N3O/c1-3-5-16-24(4-2)22-23-20(17-18-12-8-6-9-13-18)21(26)25(22)19-14-10-7-11-15-19/h6-15,20H,3-5,16-17H2,1-2H3. The summed E-state index contributed by atoms with van der Waals surface area (Å²) in [6.45, 7) is 6.06. The van der Waals surface area contributed by atoms with Crippen LogP contribution in [0.1, 0.15) is 32.3 Å². The van der Waals surface area contributed by atoms with Crippen molar-refractivity contribution >= 4 is 17.6 Å². The summed E-state index contributed by atoms with van der Waals surface area (Å²) in [5, 5.41) is 0. The monoisotopic (exact) mass is 349 g/mol. The topological polar surface area (TPSA) is 35.9 Å². The van der Waals surface area contributed by atoms with Crippen LogP contribution in [0, 0.1) is 0 Å². The van der Waals surface area contributed by atoms with Crippen molar-refractivity contribution in [2.45, 2.75) is 39.2 Å². The molecule has 1 amide bonds. The summed E-state index contributed by atoms with van der Waals surface area (Å²) < 4.78 is 0. The first-order valence-corrected chi connectivity index (χ1v) is 9.50. The van der Waals surface area contributed by atoms with Crippen LogP contribution in [0.2, 0.25) is 0 Å². The van der Waals surface area contributed by atoms with E-state index in [1.165, 1.54) is 0 Å². The number of hydrogen-bond acceptors (Lipinski definition) is 3. The van der Waals surface area contributed by atoms with Crippen LogP contribution in [0.3, 0.4) is 0 Å². The Morgan fingerprint density at radius 2 is 1.65 bits per heavy atom. The summed E-state index contributed by atoms with van der Waals surface area (Å²) in [6, 6.07) is 19.6. The molecule has 0 saturated carbocycles. The summed E-state index contributed by atoms with van der Waals surface area (Å²) in [4.78, 5) is 22.1. The van der Waals surface area contributed by atoms with E-state index in [0.29, 0.717) is 6.42 Å². The van der Waals surface area contributed by atoms with Gasteiger partial charge in [-0.15, -0.1) is 0 Å². The third kappa shape index (κ3) is 3.96. The number of aliphatic imine (C=N–C) groups is 1. The van der Waals surface area contributed by atoms with Crippen LogP contribution in [-0.4, -0.2) is 35.9 Å². The Hall–Kier alpha value is -2.62. The zero-order valence-electron chi connectivity index (χ0n) is 15.6. The number of carbonyl (C=O) groups excluding carboxylic acids is 1. The zero-order valence-corrected chi connectivity index (χ0v) is 15.6. The van der Waals surface area contributed by atoms with Gasteiger partial charge in [0.15, 0.2) is 0 Å². The molecule has 0 fully saturated rings. The van der Waals surface area contributed by atoms with Gasteiger partial charge in [0.05, 0.1) is 5.69 Å². The number of amides is 1. The number of rotatable bonds is 7. The van der Waals surface area contributed by atoms with E-state index >= 15 is 0 Å². The van der Waals surface area contributed by atoms with Gasteiger partial charge in [0.1, 0.15) is 6.04 Å². The summed E-state index contributed by atoms with van der Waals surface area (Å²) in [7, 11) is 0. The maximum atomic E-state index is 13.2. The molecule has 2 aromatic carbocycles. The first kappa shape index (κ1) is 18.2. The highest BCUT2D eigenvalue weighted by molar-refractivity contribution is 6.22. The lowest BCUT2D eigenvalue weighted by molar-refractivity contribution is -0.118. The average molecular weight is 349 g/mol. The van der Waals surface area contributed by atoms with Gasteiger partial charge in [-0.2, -0.15) is 0 Å². The van der Waals surface area contributed by atoms with E-state index in [0.717, 1.165) is 43.1 Å². The van der Waals surface area contributed by atoms with Crippen molar-refractivity contribution in [3.05, 3.63) is 66.2 Å². The van der Waals surface area contributed by atoms with E-state index in [1.807, 2.05) is 48.5 Å². The number of hydrogen-bond donors (Lipinski definition) is 0. The van der Waals surface area contributed by atoms with Gasteiger partial charge in [0.25, 0.3) is 5.91 Å². The lowest BCUT2D eigenvalue weighted by Crippen LogP contribution is -2.45. The minimum absolute atomic E-state index is 0.0602. The summed E-state index contributed by atoms with van der Waals surface area (Å²) in [5.41, 5.74) is 2.03. The van der Waals surface area contributed by atoms with Crippen molar-refractivity contribution < 1.29 is 4.79 Å². The molecule has 136 valence electrons. The average Bonchev–Trinajstić information content (AvgIpc) is 3.00. The van der Waals surface area contributed by atoms with Crippen LogP contribution in [0.5, 0.6) is 0 Å². The lowest BCUT2D eigenvalue weighted by Gasteiger charge is -2.28. The van der Waals surface area contributed by atoms with Crippen molar-refractivity contribution in [2.75, 3.05) is 18.0 Å². The van der Waals surface area contributed by atoms with Crippen LogP contribution in [0.4, 0.5) is 5.69 Å². The highest BCUT2D eigenvalue weighted by atomic mass is 16.2. The molecule has 26 heavy (non-hydrogen) atoms. The maximum absolute atomic E-state index is 13.2. The van der Waals surface area contributed by atoms with E-state index in [-0.39, 0.29) is 11.9 Å². The summed E-state index contributed by atoms with van der Waals surface area (Å²) in [5.74, 6) is 0.850. The molecule has 3 rings (SSSR count). The molecule has 1 aliphatic heterocycles. The number of nitrogens with zero attached hydrogens (tertiary/aromatic N) is 3. The molecule has 0 aliphatic carbocycles. The largest absolute Gasteiger partial charge is 0.342 e. The summed E-state index contributed by atoms with van der Waals surface area (Å²) in [6.07, 6.45) is 2.85. The van der Waals surface area contributed by atoms with Gasteiger partial charge in [0.2, 0.25) is 5.96 Å². The van der Waals surface area contributed by atoms with Gasteiger partial charge in [-0.3, -0.25) is 4.79 Å². The molecule has 0 aromatic heterocycles. The van der Waals surface area contributed by atoms with Gasteiger partial charge < -0.3 is 4.90 Å². The number of para-hydroxylation sites is 1. The molecule has 1 unspecified atom stereocenters. The molecule has 1 atom stereocenters. The minimum Gasteiger partial charge on any atom is -0.342 e. The molecule has 1 heterocycles. The quantitative estimate of drug-likeness (QED) is 0.754. The molecular weight excluding hydrogens is 322 g/mol. The third-order valence-corrected chi connectivity index (χ3v) is 4.71. The molecule has 2 aromatic rings. The van der Waals surface area contributed by atoms with Gasteiger partial charge in [-0.25, -0.2) is 9.89 Å². The fraction of sp³-hybridized carbons (Fsp3) is 0.364. The normalized spacial score (nSPS) is 16.7. The van der Waals surface area contributed by atoms with E-state index < -0.39 is 0 Å². The zero-order chi connectivity index (χ0) is 18.4. The van der Waals surface area contributed by atoms with Crippen molar-refractivity contribution in [1.82, 2.24) is 4.90 Å². The van der Waals surface area contributed by atoms with E-state index in [1.54, 1.807) is 4.90 Å². The predicted octanol–water partition coefficient (Wildman–Crippen LogP) is 4.12. The molecule has 0 saturated heterocycles.